The van der Waals surface area contributed by atoms with Gasteiger partial charge in [0.2, 0.25) is 5.91 Å². The molecule has 0 bridgehead atoms. The number of nitrogens with one attached hydrogen (secondary N) is 2. The Morgan fingerprint density at radius 2 is 2.16 bits per heavy atom. The van der Waals surface area contributed by atoms with E-state index in [0.717, 1.165) is 31.4 Å². The molecule has 104 valence electrons. The third kappa shape index (κ3) is 3.32. The molecule has 1 aliphatic rings. The number of carbonyl (C=O) groups excluding carboxylic acids is 1. The van der Waals surface area contributed by atoms with Crippen LogP contribution in [0.3, 0.4) is 0 Å². The highest BCUT2D eigenvalue weighted by atomic mass is 19.1. The van der Waals surface area contributed by atoms with Crippen molar-refractivity contribution in [1.29, 1.82) is 0 Å². The van der Waals surface area contributed by atoms with Gasteiger partial charge in [0, 0.05) is 13.1 Å². The van der Waals surface area contributed by atoms with Crippen molar-refractivity contribution in [2.45, 2.75) is 26.2 Å². The molecule has 0 aliphatic heterocycles. The third-order valence-corrected chi connectivity index (χ3v) is 3.77. The molecule has 1 saturated carbocycles. The maximum atomic E-state index is 13.1. The minimum atomic E-state index is -0.182. The molecule has 3 nitrogen and oxygen atoms in total. The van der Waals surface area contributed by atoms with Gasteiger partial charge in [-0.15, -0.1) is 0 Å². The highest BCUT2D eigenvalue weighted by molar-refractivity contribution is 5.85. The minimum absolute atomic E-state index is 0.140. The number of amides is 1. The van der Waals surface area contributed by atoms with Gasteiger partial charge >= 0.3 is 0 Å². The van der Waals surface area contributed by atoms with Crippen LogP contribution < -0.4 is 10.6 Å². The first kappa shape index (κ1) is 14.0. The Morgan fingerprint density at radius 1 is 1.42 bits per heavy atom. The number of benzene rings is 1. The van der Waals surface area contributed by atoms with Crippen molar-refractivity contribution in [3.05, 3.63) is 35.1 Å². The Morgan fingerprint density at radius 3 is 2.74 bits per heavy atom. The Bertz CT molecular complexity index is 469. The average molecular weight is 264 g/mol. The van der Waals surface area contributed by atoms with Gasteiger partial charge in [-0.3, -0.25) is 4.79 Å². The van der Waals surface area contributed by atoms with Crippen LogP contribution in [0, 0.1) is 18.2 Å². The molecule has 1 fully saturated rings. The zero-order chi connectivity index (χ0) is 13.9. The molecule has 0 spiro atoms. The first-order chi connectivity index (χ1) is 9.07. The molecule has 4 heteroatoms. The smallest absolute Gasteiger partial charge is 0.227 e. The molecule has 19 heavy (non-hydrogen) atoms. The normalized spacial score (nSPS) is 16.2. The van der Waals surface area contributed by atoms with E-state index in [4.69, 9.17) is 0 Å². The van der Waals surface area contributed by atoms with Crippen molar-refractivity contribution in [2.75, 3.05) is 20.1 Å². The molecular weight excluding hydrogens is 243 g/mol. The molecule has 2 rings (SSSR count). The highest BCUT2D eigenvalue weighted by Crippen LogP contribution is 2.45. The predicted molar refractivity (Wildman–Crippen MR) is 73.4 cm³/mol. The lowest BCUT2D eigenvalue weighted by molar-refractivity contribution is -0.126. The molecule has 0 radical (unpaired) electrons. The summed E-state index contributed by atoms with van der Waals surface area (Å²) in [6.07, 6.45) is 2.67. The summed E-state index contributed by atoms with van der Waals surface area (Å²) in [6.45, 7) is 3.10. The number of carbonyl (C=O) groups is 1. The first-order valence-corrected chi connectivity index (χ1v) is 6.75. The van der Waals surface area contributed by atoms with Gasteiger partial charge in [0.15, 0.2) is 0 Å². The molecule has 2 N–H and O–H groups in total. The topological polar surface area (TPSA) is 41.1 Å². The van der Waals surface area contributed by atoms with Crippen LogP contribution in [0.1, 0.15) is 24.0 Å². The van der Waals surface area contributed by atoms with Gasteiger partial charge < -0.3 is 10.6 Å². The van der Waals surface area contributed by atoms with Gasteiger partial charge in [-0.25, -0.2) is 4.39 Å². The van der Waals surface area contributed by atoms with Gasteiger partial charge in [-0.1, -0.05) is 12.1 Å². The first-order valence-electron chi connectivity index (χ1n) is 6.75. The Hall–Kier alpha value is -1.42. The summed E-state index contributed by atoms with van der Waals surface area (Å²) in [5.41, 5.74) is 1.53. The second kappa shape index (κ2) is 5.70. The summed E-state index contributed by atoms with van der Waals surface area (Å²) in [4.78, 5) is 12.0. The number of hydrogen-bond donors (Lipinski definition) is 2. The summed E-state index contributed by atoms with van der Waals surface area (Å²) in [5, 5.41) is 6.05. The van der Waals surface area contributed by atoms with Crippen molar-refractivity contribution < 1.29 is 9.18 Å². The molecule has 0 saturated heterocycles. The van der Waals surface area contributed by atoms with Crippen molar-refractivity contribution in [3.63, 3.8) is 0 Å². The summed E-state index contributed by atoms with van der Waals surface area (Å²) >= 11 is 0. The SMILES string of the molecule is CNCC1(C(=O)NCCc2ccc(F)c(C)c2)CC1. The second-order valence-corrected chi connectivity index (χ2v) is 5.40. The molecule has 0 aromatic heterocycles. The van der Waals surface area contributed by atoms with E-state index in [1.165, 1.54) is 6.07 Å². The molecule has 1 aromatic carbocycles. The molecule has 0 heterocycles. The monoisotopic (exact) mass is 264 g/mol. The van der Waals surface area contributed by atoms with Crippen LogP contribution in [0.4, 0.5) is 4.39 Å². The van der Waals surface area contributed by atoms with Gasteiger partial charge in [-0.2, -0.15) is 0 Å². The van der Waals surface area contributed by atoms with Crippen molar-refractivity contribution in [3.8, 4) is 0 Å². The fourth-order valence-corrected chi connectivity index (χ4v) is 2.34. The van der Waals surface area contributed by atoms with Gasteiger partial charge in [0.25, 0.3) is 0 Å². The molecular formula is C15H21FN2O. The highest BCUT2D eigenvalue weighted by Gasteiger charge is 2.48. The summed E-state index contributed by atoms with van der Waals surface area (Å²) in [6, 6.07) is 5.09. The summed E-state index contributed by atoms with van der Waals surface area (Å²) in [7, 11) is 1.87. The van der Waals surface area contributed by atoms with E-state index in [1.54, 1.807) is 13.0 Å². The van der Waals surface area contributed by atoms with E-state index >= 15 is 0 Å². The van der Waals surface area contributed by atoms with Crippen LogP contribution in [0.25, 0.3) is 0 Å². The number of aryl methyl sites for hydroxylation is 1. The molecule has 1 amide bonds. The van der Waals surface area contributed by atoms with E-state index in [0.29, 0.717) is 12.1 Å². The zero-order valence-corrected chi connectivity index (χ0v) is 11.6. The fourth-order valence-electron chi connectivity index (χ4n) is 2.34. The van der Waals surface area contributed by atoms with E-state index in [-0.39, 0.29) is 17.1 Å². The largest absolute Gasteiger partial charge is 0.355 e. The summed E-state index contributed by atoms with van der Waals surface area (Å²) < 4.78 is 13.1. The number of halogens is 1. The average Bonchev–Trinajstić information content (AvgIpc) is 3.15. The van der Waals surface area contributed by atoms with Crippen LogP contribution in [-0.4, -0.2) is 26.0 Å². The van der Waals surface area contributed by atoms with Crippen molar-refractivity contribution in [1.82, 2.24) is 10.6 Å². The molecule has 0 unspecified atom stereocenters. The predicted octanol–water partition coefficient (Wildman–Crippen LogP) is 1.79. The second-order valence-electron chi connectivity index (χ2n) is 5.40. The van der Waals surface area contributed by atoms with Crippen LogP contribution >= 0.6 is 0 Å². The lowest BCUT2D eigenvalue weighted by atomic mass is 10.1. The fraction of sp³-hybridized carbons (Fsp3) is 0.533. The van der Waals surface area contributed by atoms with Crippen molar-refractivity contribution in [2.24, 2.45) is 5.41 Å². The van der Waals surface area contributed by atoms with Crippen LogP contribution in [-0.2, 0) is 11.2 Å². The molecule has 0 atom stereocenters. The maximum Gasteiger partial charge on any atom is 0.227 e. The van der Waals surface area contributed by atoms with Gasteiger partial charge in [0.1, 0.15) is 5.82 Å². The van der Waals surface area contributed by atoms with Gasteiger partial charge in [0.05, 0.1) is 5.41 Å². The number of rotatable bonds is 6. The van der Waals surface area contributed by atoms with E-state index in [9.17, 15) is 9.18 Å². The molecule has 1 aromatic rings. The Labute approximate surface area is 113 Å². The van der Waals surface area contributed by atoms with E-state index in [2.05, 4.69) is 10.6 Å². The third-order valence-electron chi connectivity index (χ3n) is 3.77. The van der Waals surface area contributed by atoms with Crippen LogP contribution in [0.2, 0.25) is 0 Å². The zero-order valence-electron chi connectivity index (χ0n) is 11.6. The molecule has 1 aliphatic carbocycles. The van der Waals surface area contributed by atoms with Crippen LogP contribution in [0.5, 0.6) is 0 Å². The summed E-state index contributed by atoms with van der Waals surface area (Å²) in [5.74, 6) is -0.0422. The van der Waals surface area contributed by atoms with Crippen molar-refractivity contribution >= 4 is 5.91 Å². The lowest BCUT2D eigenvalue weighted by Gasteiger charge is -2.14. The maximum absolute atomic E-state index is 13.1. The minimum Gasteiger partial charge on any atom is -0.355 e. The van der Waals surface area contributed by atoms with Crippen LogP contribution in [0.15, 0.2) is 18.2 Å². The standard InChI is InChI=1S/C15H21FN2O/c1-11-9-12(3-4-13(11)16)5-8-18-14(19)15(6-7-15)10-17-2/h3-4,9,17H,5-8,10H2,1-2H3,(H,18,19). The Kier molecular flexibility index (Phi) is 4.20. The quantitative estimate of drug-likeness (QED) is 0.822. The Balaban J connectivity index is 1.80. The van der Waals surface area contributed by atoms with E-state index < -0.39 is 0 Å². The lowest BCUT2D eigenvalue weighted by Crippen LogP contribution is -2.38. The van der Waals surface area contributed by atoms with Gasteiger partial charge in [-0.05, 0) is 50.4 Å². The number of hydrogen-bond acceptors (Lipinski definition) is 2. The van der Waals surface area contributed by atoms with E-state index in [1.807, 2.05) is 13.1 Å².